The third-order valence-electron chi connectivity index (χ3n) is 1.77. The zero-order valence-electron chi connectivity index (χ0n) is 6.81. The van der Waals surface area contributed by atoms with Gasteiger partial charge in [0.1, 0.15) is 0 Å². The van der Waals surface area contributed by atoms with Gasteiger partial charge in [0.25, 0.3) is 0 Å². The summed E-state index contributed by atoms with van der Waals surface area (Å²) in [6.45, 7) is 5.17. The molecule has 0 aromatic carbocycles. The van der Waals surface area contributed by atoms with E-state index in [2.05, 4.69) is 37.6 Å². The van der Waals surface area contributed by atoms with E-state index in [9.17, 15) is 0 Å². The minimum Gasteiger partial charge on any atom is -0.368 e. The molecule has 0 saturated heterocycles. The van der Waals surface area contributed by atoms with Gasteiger partial charge in [-0.2, -0.15) is 0 Å². The molecule has 0 saturated carbocycles. The largest absolute Gasteiger partial charge is 0.368 e. The molecule has 0 atom stereocenters. The minimum absolute atomic E-state index is 1.00. The van der Waals surface area contributed by atoms with Crippen molar-refractivity contribution in [2.45, 2.75) is 13.8 Å². The molecule has 54 valence electrons. The average Bonchev–Trinajstić information content (AvgIpc) is 2.04. The Kier molecular flexibility index (Phi) is 1.98. The van der Waals surface area contributed by atoms with Gasteiger partial charge in [0.15, 0.2) is 0 Å². The second kappa shape index (κ2) is 2.76. The molecular formula is C9H13N. The summed E-state index contributed by atoms with van der Waals surface area (Å²) in [6, 6.07) is 0. The molecule has 1 nitrogen and oxygen atoms in total. The van der Waals surface area contributed by atoms with E-state index in [1.54, 1.807) is 0 Å². The Balaban J connectivity index is 2.92. The van der Waals surface area contributed by atoms with Crippen LogP contribution in [-0.2, 0) is 0 Å². The van der Waals surface area contributed by atoms with Crippen LogP contribution in [0.5, 0.6) is 0 Å². The van der Waals surface area contributed by atoms with Gasteiger partial charge in [-0.05, 0) is 25.5 Å². The summed E-state index contributed by atoms with van der Waals surface area (Å²) >= 11 is 0. The normalized spacial score (nSPS) is 18.1. The molecule has 0 aliphatic carbocycles. The Labute approximate surface area is 62.3 Å². The summed E-state index contributed by atoms with van der Waals surface area (Å²) in [5.74, 6) is 0. The van der Waals surface area contributed by atoms with Crippen LogP contribution < -0.4 is 0 Å². The molecule has 1 aliphatic rings. The summed E-state index contributed by atoms with van der Waals surface area (Å²) in [5.41, 5.74) is 5.69. The fourth-order valence-corrected chi connectivity index (χ4v) is 0.805. The molecule has 0 aromatic rings. The molecule has 10 heavy (non-hydrogen) atoms. The topological polar surface area (TPSA) is 3.24 Å². The number of nitrogens with zero attached hydrogens (tertiary/aromatic N) is 1. The van der Waals surface area contributed by atoms with Crippen molar-refractivity contribution in [3.63, 3.8) is 0 Å². The fourth-order valence-electron chi connectivity index (χ4n) is 0.805. The number of rotatable bonds is 0. The van der Waals surface area contributed by atoms with E-state index in [4.69, 9.17) is 0 Å². The third kappa shape index (κ3) is 1.52. The predicted molar refractivity (Wildman–Crippen MR) is 43.7 cm³/mol. The SMILES string of the molecule is CC1=C=CC(C)=CCN1C. The van der Waals surface area contributed by atoms with Crippen molar-refractivity contribution in [3.05, 3.63) is 29.2 Å². The highest BCUT2D eigenvalue weighted by molar-refractivity contribution is 5.20. The summed E-state index contributed by atoms with van der Waals surface area (Å²) in [6.07, 6.45) is 4.22. The van der Waals surface area contributed by atoms with Gasteiger partial charge in [0.2, 0.25) is 0 Å². The highest BCUT2D eigenvalue weighted by Gasteiger charge is 1.97. The van der Waals surface area contributed by atoms with Crippen molar-refractivity contribution in [1.29, 1.82) is 0 Å². The summed E-state index contributed by atoms with van der Waals surface area (Å²) in [5, 5.41) is 0. The molecule has 1 aliphatic heterocycles. The maximum absolute atomic E-state index is 3.19. The van der Waals surface area contributed by atoms with Gasteiger partial charge in [0.05, 0.1) is 5.70 Å². The van der Waals surface area contributed by atoms with E-state index in [0.717, 1.165) is 6.54 Å². The lowest BCUT2D eigenvalue weighted by molar-refractivity contribution is 0.468. The smallest absolute Gasteiger partial charge is 0.0532 e. The lowest BCUT2D eigenvalue weighted by atomic mass is 10.3. The van der Waals surface area contributed by atoms with Crippen LogP contribution in [0.2, 0.25) is 0 Å². The van der Waals surface area contributed by atoms with Gasteiger partial charge in [0, 0.05) is 13.6 Å². The van der Waals surface area contributed by atoms with E-state index >= 15 is 0 Å². The number of hydrogen-bond acceptors (Lipinski definition) is 1. The molecule has 0 amide bonds. The second-order valence-electron chi connectivity index (χ2n) is 2.70. The average molecular weight is 135 g/mol. The van der Waals surface area contributed by atoms with Gasteiger partial charge < -0.3 is 4.90 Å². The first-order chi connectivity index (χ1) is 4.70. The Morgan fingerprint density at radius 3 is 2.90 bits per heavy atom. The van der Waals surface area contributed by atoms with E-state index in [1.807, 2.05) is 6.08 Å². The van der Waals surface area contributed by atoms with Gasteiger partial charge in [-0.15, -0.1) is 0 Å². The van der Waals surface area contributed by atoms with E-state index in [1.165, 1.54) is 11.3 Å². The van der Waals surface area contributed by atoms with Crippen LogP contribution in [0.1, 0.15) is 13.8 Å². The van der Waals surface area contributed by atoms with Crippen molar-refractivity contribution in [3.8, 4) is 0 Å². The molecule has 1 rings (SSSR count). The molecule has 0 bridgehead atoms. The Morgan fingerprint density at radius 2 is 2.20 bits per heavy atom. The third-order valence-corrected chi connectivity index (χ3v) is 1.77. The maximum atomic E-state index is 3.19. The van der Waals surface area contributed by atoms with Gasteiger partial charge in [-0.25, -0.2) is 0 Å². The molecule has 1 heteroatoms. The van der Waals surface area contributed by atoms with Crippen molar-refractivity contribution >= 4 is 0 Å². The lowest BCUT2D eigenvalue weighted by Gasteiger charge is -2.14. The number of allylic oxidation sites excluding steroid dienone is 2. The van der Waals surface area contributed by atoms with Crippen molar-refractivity contribution in [2.24, 2.45) is 0 Å². The summed E-state index contributed by atoms with van der Waals surface area (Å²) < 4.78 is 0. The molecule has 1 heterocycles. The van der Waals surface area contributed by atoms with Crippen LogP contribution in [0.15, 0.2) is 29.2 Å². The van der Waals surface area contributed by atoms with Gasteiger partial charge in [-0.3, -0.25) is 0 Å². The molecule has 0 aromatic heterocycles. The van der Waals surface area contributed by atoms with E-state index < -0.39 is 0 Å². The second-order valence-corrected chi connectivity index (χ2v) is 2.70. The first kappa shape index (κ1) is 7.17. The van der Waals surface area contributed by atoms with Crippen molar-refractivity contribution in [1.82, 2.24) is 4.90 Å². The monoisotopic (exact) mass is 135 g/mol. The molecule has 0 radical (unpaired) electrons. The van der Waals surface area contributed by atoms with E-state index in [-0.39, 0.29) is 0 Å². The van der Waals surface area contributed by atoms with Crippen LogP contribution in [0, 0.1) is 0 Å². The highest BCUT2D eigenvalue weighted by atomic mass is 15.1. The first-order valence-corrected chi connectivity index (χ1v) is 3.51. The van der Waals surface area contributed by atoms with Gasteiger partial charge in [-0.1, -0.05) is 11.8 Å². The fraction of sp³-hybridized carbons (Fsp3) is 0.444. The summed E-state index contributed by atoms with van der Waals surface area (Å²) in [7, 11) is 2.07. The van der Waals surface area contributed by atoms with Crippen LogP contribution in [0.3, 0.4) is 0 Å². The quantitative estimate of drug-likeness (QED) is 0.459. The van der Waals surface area contributed by atoms with Gasteiger partial charge >= 0.3 is 0 Å². The van der Waals surface area contributed by atoms with Crippen LogP contribution >= 0.6 is 0 Å². The molecule has 0 spiro atoms. The lowest BCUT2D eigenvalue weighted by Crippen LogP contribution is -2.14. The standard InChI is InChI=1S/C9H13N/c1-8-4-5-9(2)10(3)7-6-8/h4,6H,7H2,1-3H3. The molecule has 0 fully saturated rings. The molecule has 0 unspecified atom stereocenters. The van der Waals surface area contributed by atoms with Crippen molar-refractivity contribution < 1.29 is 0 Å². The zero-order valence-corrected chi connectivity index (χ0v) is 6.81. The van der Waals surface area contributed by atoms with E-state index in [0.29, 0.717) is 0 Å². The van der Waals surface area contributed by atoms with Crippen LogP contribution in [0.25, 0.3) is 0 Å². The van der Waals surface area contributed by atoms with Crippen LogP contribution in [0.4, 0.5) is 0 Å². The Morgan fingerprint density at radius 1 is 1.50 bits per heavy atom. The van der Waals surface area contributed by atoms with Crippen LogP contribution in [-0.4, -0.2) is 18.5 Å². The Bertz CT molecular complexity index is 217. The number of hydrogen-bond donors (Lipinski definition) is 0. The molecule has 0 N–H and O–H groups in total. The predicted octanol–water partition coefficient (Wildman–Crippen LogP) is 1.94. The maximum Gasteiger partial charge on any atom is 0.0532 e. The Hall–Kier alpha value is -0.940. The summed E-state index contributed by atoms with van der Waals surface area (Å²) in [4.78, 5) is 2.17. The molecular weight excluding hydrogens is 122 g/mol. The number of likely N-dealkylation sites (N-methyl/N-ethyl adjacent to an activating group) is 1. The minimum atomic E-state index is 1.00. The highest BCUT2D eigenvalue weighted by Crippen LogP contribution is 2.05. The first-order valence-electron chi connectivity index (χ1n) is 3.51. The van der Waals surface area contributed by atoms with Crippen molar-refractivity contribution in [2.75, 3.05) is 13.6 Å². The zero-order chi connectivity index (χ0) is 7.56.